The van der Waals surface area contributed by atoms with Gasteiger partial charge in [0.1, 0.15) is 17.1 Å². The van der Waals surface area contributed by atoms with Crippen LogP contribution in [0.2, 0.25) is 0 Å². The molecule has 3 aliphatic rings. The number of nitrogens with zero attached hydrogens (tertiary/aromatic N) is 1. The third-order valence-electron chi connectivity index (χ3n) is 6.67. The second-order valence-electron chi connectivity index (χ2n) is 8.55. The summed E-state index contributed by atoms with van der Waals surface area (Å²) < 4.78 is 8.18. The Hall–Kier alpha value is 0.220. The van der Waals surface area contributed by atoms with Crippen LogP contribution in [0.5, 0.6) is 0 Å². The second-order valence-corrected chi connectivity index (χ2v) is 9.78. The first-order valence-electron chi connectivity index (χ1n) is 9.82. The zero-order valence-electron chi connectivity index (χ0n) is 15.6. The number of hydrogen-bond acceptors (Lipinski definition) is 2. The first-order chi connectivity index (χ1) is 11.6. The van der Waals surface area contributed by atoms with Crippen LogP contribution in [0.25, 0.3) is 0 Å². The first-order valence-corrected chi connectivity index (χ1v) is 10.8. The Balaban J connectivity index is 0.00000182. The summed E-state index contributed by atoms with van der Waals surface area (Å²) in [4.78, 5) is -0.0884. The van der Waals surface area contributed by atoms with E-state index in [0.29, 0.717) is 18.1 Å². The number of likely N-dealkylation sites (tertiary alicyclic amines) is 1. The minimum absolute atomic E-state index is 0. The predicted octanol–water partition coefficient (Wildman–Crippen LogP) is 1.79. The third-order valence-corrected chi connectivity index (χ3v) is 8.26. The van der Waals surface area contributed by atoms with Crippen LogP contribution < -0.4 is 24.0 Å². The molecule has 2 aliphatic heterocycles. The van der Waals surface area contributed by atoms with Crippen molar-refractivity contribution < 1.29 is 33.2 Å². The molecule has 0 unspecified atom stereocenters. The van der Waals surface area contributed by atoms with E-state index < -0.39 is 0 Å². The highest BCUT2D eigenvalue weighted by molar-refractivity contribution is 8.00. The van der Waals surface area contributed by atoms with Crippen LogP contribution in [0.4, 0.5) is 0 Å². The Kier molecular flexibility index (Phi) is 6.45. The molecule has 4 rings (SSSR count). The molecule has 0 amide bonds. The number of ether oxygens (including phenoxy) is 1. The molecule has 1 saturated carbocycles. The Bertz CT molecular complexity index is 560. The summed E-state index contributed by atoms with van der Waals surface area (Å²) in [6.07, 6.45) is 9.90. The van der Waals surface area contributed by atoms with Crippen molar-refractivity contribution in [2.45, 2.75) is 62.0 Å². The Morgan fingerprint density at radius 2 is 1.72 bits per heavy atom. The fourth-order valence-corrected chi connectivity index (χ4v) is 6.97. The van der Waals surface area contributed by atoms with Crippen molar-refractivity contribution in [3.05, 3.63) is 35.9 Å². The van der Waals surface area contributed by atoms with E-state index in [4.69, 9.17) is 4.74 Å². The highest BCUT2D eigenvalue weighted by Crippen LogP contribution is 2.55. The molecule has 2 nitrogen and oxygen atoms in total. The number of thioether (sulfide) groups is 1. The summed E-state index contributed by atoms with van der Waals surface area (Å²) in [5.41, 5.74) is 1.41. The molecule has 3 fully saturated rings. The molecule has 2 saturated heterocycles. The molecule has 1 aliphatic carbocycles. The molecule has 140 valence electrons. The van der Waals surface area contributed by atoms with Crippen molar-refractivity contribution in [3.63, 3.8) is 0 Å². The Morgan fingerprint density at radius 3 is 2.36 bits per heavy atom. The van der Waals surface area contributed by atoms with Crippen molar-refractivity contribution in [3.8, 4) is 0 Å². The lowest BCUT2D eigenvalue weighted by molar-refractivity contribution is -0.905. The van der Waals surface area contributed by atoms with Crippen molar-refractivity contribution in [2.75, 3.05) is 26.4 Å². The lowest BCUT2D eigenvalue weighted by Crippen LogP contribution is -3.00. The van der Waals surface area contributed by atoms with E-state index in [9.17, 15) is 0 Å². The quantitative estimate of drug-likeness (QED) is 0.489. The second kappa shape index (κ2) is 8.07. The van der Waals surface area contributed by atoms with Gasteiger partial charge in [-0.15, -0.1) is 11.8 Å². The van der Waals surface area contributed by atoms with Gasteiger partial charge in [0, 0.05) is 24.5 Å². The summed E-state index contributed by atoms with van der Waals surface area (Å²) in [6.45, 7) is 1.30. The monoisotopic (exact) mass is 473 g/mol. The number of benzene rings is 1. The Labute approximate surface area is 174 Å². The molecule has 1 aromatic carbocycles. The summed E-state index contributed by atoms with van der Waals surface area (Å²) in [6, 6.07) is 11.8. The summed E-state index contributed by atoms with van der Waals surface area (Å²) in [5.74, 6) is 1.85. The zero-order valence-corrected chi connectivity index (χ0v) is 18.6. The molecular formula is C21H32INOS. The highest BCUT2D eigenvalue weighted by Gasteiger charge is 2.53. The maximum Gasteiger partial charge on any atom is 0.142 e. The number of hydrogen-bond donors (Lipinski definition) is 0. The molecule has 0 N–H and O–H groups in total. The molecule has 4 heteroatoms. The third kappa shape index (κ3) is 3.78. The van der Waals surface area contributed by atoms with Gasteiger partial charge in [0.05, 0.1) is 20.6 Å². The number of halogens is 1. The zero-order chi connectivity index (χ0) is 16.6. The van der Waals surface area contributed by atoms with Crippen LogP contribution in [0.1, 0.15) is 50.5 Å². The summed E-state index contributed by atoms with van der Waals surface area (Å²) >= 11 is 2.11. The van der Waals surface area contributed by atoms with E-state index in [0.717, 1.165) is 10.2 Å². The maximum absolute atomic E-state index is 7.04. The van der Waals surface area contributed by atoms with E-state index >= 15 is 0 Å². The summed E-state index contributed by atoms with van der Waals surface area (Å²) in [7, 11) is 4.80. The average Bonchev–Trinajstić information content (AvgIpc) is 3.20. The van der Waals surface area contributed by atoms with Crippen molar-refractivity contribution in [1.29, 1.82) is 0 Å². The number of likely N-dealkylation sites (N-methyl/N-ethyl adjacent to an activating group) is 1. The van der Waals surface area contributed by atoms with Gasteiger partial charge in [-0.1, -0.05) is 49.6 Å². The minimum atomic E-state index is -0.0884. The highest BCUT2D eigenvalue weighted by atomic mass is 127. The topological polar surface area (TPSA) is 9.23 Å². The van der Waals surface area contributed by atoms with Gasteiger partial charge in [0.2, 0.25) is 0 Å². The SMILES string of the molecule is C[N+]1(C)CCC[C@@H]1[C@@H]1CS[C@@](c2ccccc2)(C2CCCCC2)O1.[I-]. The maximum atomic E-state index is 7.04. The van der Waals surface area contributed by atoms with E-state index in [1.807, 2.05) is 0 Å². The van der Waals surface area contributed by atoms with Crippen LogP contribution in [-0.4, -0.2) is 43.0 Å². The lowest BCUT2D eigenvalue weighted by atomic mass is 9.82. The van der Waals surface area contributed by atoms with Crippen LogP contribution in [0.15, 0.2) is 30.3 Å². The van der Waals surface area contributed by atoms with Crippen molar-refractivity contribution in [2.24, 2.45) is 5.92 Å². The van der Waals surface area contributed by atoms with Crippen LogP contribution in [0, 0.1) is 5.92 Å². The van der Waals surface area contributed by atoms with Crippen molar-refractivity contribution >= 4 is 11.8 Å². The predicted molar refractivity (Wildman–Crippen MR) is 102 cm³/mol. The molecule has 3 atom stereocenters. The molecule has 25 heavy (non-hydrogen) atoms. The average molecular weight is 473 g/mol. The molecule has 0 bridgehead atoms. The fourth-order valence-electron chi connectivity index (χ4n) is 5.30. The minimum Gasteiger partial charge on any atom is -1.00 e. The van der Waals surface area contributed by atoms with E-state index in [2.05, 4.69) is 56.2 Å². The summed E-state index contributed by atoms with van der Waals surface area (Å²) in [5, 5.41) is 0. The van der Waals surface area contributed by atoms with Gasteiger partial charge < -0.3 is 33.2 Å². The molecule has 0 aromatic heterocycles. The number of rotatable bonds is 3. The molecule has 2 heterocycles. The molecular weight excluding hydrogens is 441 g/mol. The Morgan fingerprint density at radius 1 is 1.00 bits per heavy atom. The largest absolute Gasteiger partial charge is 1.00 e. The van der Waals surface area contributed by atoms with Gasteiger partial charge in [0.25, 0.3) is 0 Å². The van der Waals surface area contributed by atoms with E-state index in [1.165, 1.54) is 57.1 Å². The van der Waals surface area contributed by atoms with Crippen LogP contribution in [-0.2, 0) is 9.67 Å². The van der Waals surface area contributed by atoms with Gasteiger partial charge in [0.15, 0.2) is 0 Å². The smallest absolute Gasteiger partial charge is 0.142 e. The van der Waals surface area contributed by atoms with Crippen LogP contribution in [0.3, 0.4) is 0 Å². The van der Waals surface area contributed by atoms with Crippen LogP contribution >= 0.6 is 11.8 Å². The van der Waals surface area contributed by atoms with Gasteiger partial charge in [-0.3, -0.25) is 0 Å². The van der Waals surface area contributed by atoms with E-state index in [1.54, 1.807) is 0 Å². The van der Waals surface area contributed by atoms with E-state index in [-0.39, 0.29) is 28.9 Å². The van der Waals surface area contributed by atoms with Gasteiger partial charge in [-0.05, 0) is 18.4 Å². The standard InChI is InChI=1S/C21H32NOS.HI/c1-22(2)15-9-14-19(22)20-16-24-21(23-20,17-10-5-3-6-11-17)18-12-7-4-8-13-18;/h3,5-6,10-11,18-20H,4,7-9,12-16H2,1-2H3;1H/q+1;/p-1/t19-,20+,21+;/m1./s1. The normalized spacial score (nSPS) is 35.4. The molecule has 1 aromatic rings. The molecule has 0 radical (unpaired) electrons. The molecule has 0 spiro atoms. The van der Waals surface area contributed by atoms with Gasteiger partial charge in [-0.25, -0.2) is 0 Å². The fraction of sp³-hybridized carbons (Fsp3) is 0.714. The van der Waals surface area contributed by atoms with Crippen molar-refractivity contribution in [1.82, 2.24) is 0 Å². The van der Waals surface area contributed by atoms with Gasteiger partial charge >= 0.3 is 0 Å². The lowest BCUT2D eigenvalue weighted by Gasteiger charge is -2.41. The first kappa shape index (κ1) is 20.0. The number of quaternary nitrogens is 1. The van der Waals surface area contributed by atoms with Gasteiger partial charge in [-0.2, -0.15) is 0 Å².